The number of nitrogens with zero attached hydrogens (tertiary/aromatic N) is 1. The molecule has 0 amide bonds. The van der Waals surface area contributed by atoms with Gasteiger partial charge in [0.05, 0.1) is 6.07 Å². The highest BCUT2D eigenvalue weighted by atomic mass is 14.3. The van der Waals surface area contributed by atoms with E-state index in [0.717, 1.165) is 17.6 Å². The third-order valence-corrected chi connectivity index (χ3v) is 3.83. The van der Waals surface area contributed by atoms with Gasteiger partial charge in [0.25, 0.3) is 0 Å². The van der Waals surface area contributed by atoms with E-state index in [0.29, 0.717) is 0 Å². The highest BCUT2D eigenvalue weighted by molar-refractivity contribution is 5.75. The van der Waals surface area contributed by atoms with E-state index < -0.39 is 0 Å². The van der Waals surface area contributed by atoms with Crippen LogP contribution in [-0.2, 0) is 5.41 Å². The lowest BCUT2D eigenvalue weighted by molar-refractivity contribution is 0.527. The summed E-state index contributed by atoms with van der Waals surface area (Å²) < 4.78 is 0. The first-order chi connectivity index (χ1) is 8.45. The molecule has 1 aromatic carbocycles. The van der Waals surface area contributed by atoms with Gasteiger partial charge in [0.1, 0.15) is 0 Å². The lowest BCUT2D eigenvalue weighted by Gasteiger charge is -2.31. The summed E-state index contributed by atoms with van der Waals surface area (Å²) in [6.07, 6.45) is 5.02. The Morgan fingerprint density at radius 3 is 2.78 bits per heavy atom. The molecule has 2 rings (SSSR count). The van der Waals surface area contributed by atoms with Gasteiger partial charge in [-0.3, -0.25) is 0 Å². The van der Waals surface area contributed by atoms with Crippen LogP contribution in [0.2, 0.25) is 0 Å². The Labute approximate surface area is 109 Å². The van der Waals surface area contributed by atoms with Gasteiger partial charge in [-0.25, -0.2) is 0 Å². The summed E-state index contributed by atoms with van der Waals surface area (Å²) in [5, 5.41) is 8.73. The van der Waals surface area contributed by atoms with Crippen LogP contribution in [0.5, 0.6) is 0 Å². The van der Waals surface area contributed by atoms with Gasteiger partial charge in [-0.2, -0.15) is 5.26 Å². The smallest absolute Gasteiger partial charge is 0.0915 e. The second-order valence-corrected chi connectivity index (χ2v) is 5.69. The normalized spacial score (nSPS) is 17.7. The first-order valence-electron chi connectivity index (χ1n) is 6.34. The molecule has 1 heteroatoms. The van der Waals surface area contributed by atoms with Crippen molar-refractivity contribution in [3.63, 3.8) is 0 Å². The van der Waals surface area contributed by atoms with Crippen LogP contribution in [-0.4, -0.2) is 0 Å². The summed E-state index contributed by atoms with van der Waals surface area (Å²) in [6, 6.07) is 8.66. The van der Waals surface area contributed by atoms with Crippen LogP contribution in [0, 0.1) is 11.3 Å². The average molecular weight is 237 g/mol. The molecule has 1 aliphatic rings. The molecule has 1 aromatic rings. The molecule has 0 bridgehead atoms. The maximum absolute atomic E-state index is 8.73. The van der Waals surface area contributed by atoms with E-state index in [2.05, 4.69) is 51.1 Å². The Bertz CT molecular complexity index is 580. The highest BCUT2D eigenvalue weighted by Gasteiger charge is 2.26. The van der Waals surface area contributed by atoms with Crippen molar-refractivity contribution in [2.45, 2.75) is 39.5 Å². The first-order valence-corrected chi connectivity index (χ1v) is 6.34. The third-order valence-electron chi connectivity index (χ3n) is 3.83. The van der Waals surface area contributed by atoms with E-state index in [9.17, 15) is 0 Å². The van der Waals surface area contributed by atoms with Crippen LogP contribution in [0.4, 0.5) is 0 Å². The van der Waals surface area contributed by atoms with Crippen molar-refractivity contribution < 1.29 is 0 Å². The molecule has 92 valence electrons. The molecule has 0 atom stereocenters. The van der Waals surface area contributed by atoms with Crippen molar-refractivity contribution in [3.8, 4) is 6.07 Å². The summed E-state index contributed by atoms with van der Waals surface area (Å²) in [7, 11) is 0. The Hall–Kier alpha value is -1.81. The van der Waals surface area contributed by atoms with Crippen molar-refractivity contribution in [3.05, 3.63) is 47.0 Å². The Morgan fingerprint density at radius 1 is 1.39 bits per heavy atom. The first kappa shape index (κ1) is 12.6. The molecule has 0 spiro atoms. The largest absolute Gasteiger partial charge is 0.193 e. The van der Waals surface area contributed by atoms with Crippen LogP contribution < -0.4 is 0 Å². The Balaban J connectivity index is 2.58. The summed E-state index contributed by atoms with van der Waals surface area (Å²) in [4.78, 5) is 0. The Kier molecular flexibility index (Phi) is 3.13. The van der Waals surface area contributed by atoms with E-state index >= 15 is 0 Å². The molecular weight excluding hydrogens is 218 g/mol. The lowest BCUT2D eigenvalue weighted by Crippen LogP contribution is -2.21. The van der Waals surface area contributed by atoms with E-state index in [1.165, 1.54) is 16.7 Å². The van der Waals surface area contributed by atoms with Gasteiger partial charge in [0.2, 0.25) is 0 Å². The fourth-order valence-corrected chi connectivity index (χ4v) is 2.51. The van der Waals surface area contributed by atoms with Gasteiger partial charge in [-0.05, 0) is 59.6 Å². The van der Waals surface area contributed by atoms with Gasteiger partial charge < -0.3 is 0 Å². The quantitative estimate of drug-likeness (QED) is 0.649. The minimum Gasteiger partial charge on any atom is -0.193 e. The van der Waals surface area contributed by atoms with Crippen molar-refractivity contribution in [1.82, 2.24) is 0 Å². The molecule has 1 aliphatic carbocycles. The topological polar surface area (TPSA) is 23.8 Å². The molecule has 0 radical (unpaired) electrons. The molecule has 0 fully saturated rings. The maximum atomic E-state index is 8.73. The molecule has 1 nitrogen and oxygen atoms in total. The molecule has 0 aromatic heterocycles. The number of fused-ring (bicyclic) bond motifs is 1. The number of hydrogen-bond acceptors (Lipinski definition) is 1. The lowest BCUT2D eigenvalue weighted by atomic mass is 9.73. The van der Waals surface area contributed by atoms with Gasteiger partial charge in [0, 0.05) is 6.08 Å². The fourth-order valence-electron chi connectivity index (χ4n) is 2.51. The predicted octanol–water partition coefficient (Wildman–Crippen LogP) is 4.70. The van der Waals surface area contributed by atoms with Gasteiger partial charge >= 0.3 is 0 Å². The highest BCUT2D eigenvalue weighted by Crippen LogP contribution is 2.39. The average Bonchev–Trinajstić information content (AvgIpc) is 2.34. The van der Waals surface area contributed by atoms with Crippen LogP contribution in [0.3, 0.4) is 0 Å². The van der Waals surface area contributed by atoms with Gasteiger partial charge in [0.15, 0.2) is 0 Å². The molecule has 0 saturated carbocycles. The molecular formula is C17H19N. The SMILES string of the molecule is CC1=CCC(C)(C)c2ccc(/C(C)=C/C#N)cc21. The number of allylic oxidation sites excluding steroid dienone is 4. The van der Waals surface area contributed by atoms with Crippen LogP contribution in [0.25, 0.3) is 11.1 Å². The van der Waals surface area contributed by atoms with Crippen LogP contribution >= 0.6 is 0 Å². The fraction of sp³-hybridized carbons (Fsp3) is 0.353. The zero-order chi connectivity index (χ0) is 13.3. The summed E-state index contributed by atoms with van der Waals surface area (Å²) in [6.45, 7) is 8.72. The maximum Gasteiger partial charge on any atom is 0.0915 e. The van der Waals surface area contributed by atoms with Gasteiger partial charge in [-0.15, -0.1) is 0 Å². The van der Waals surface area contributed by atoms with Crippen molar-refractivity contribution >= 4 is 11.1 Å². The Morgan fingerprint density at radius 2 is 2.11 bits per heavy atom. The third kappa shape index (κ3) is 2.11. The number of nitriles is 1. The van der Waals surface area contributed by atoms with Gasteiger partial charge in [-0.1, -0.05) is 32.1 Å². The van der Waals surface area contributed by atoms with Crippen molar-refractivity contribution in [1.29, 1.82) is 5.26 Å². The number of hydrogen-bond donors (Lipinski definition) is 0. The molecule has 0 N–H and O–H groups in total. The number of benzene rings is 1. The molecule has 0 saturated heterocycles. The van der Waals surface area contributed by atoms with Crippen molar-refractivity contribution in [2.24, 2.45) is 0 Å². The molecule has 0 heterocycles. The number of rotatable bonds is 1. The minimum atomic E-state index is 0.209. The van der Waals surface area contributed by atoms with E-state index in [4.69, 9.17) is 5.26 Å². The molecule has 0 unspecified atom stereocenters. The zero-order valence-corrected chi connectivity index (χ0v) is 11.5. The van der Waals surface area contributed by atoms with Crippen molar-refractivity contribution in [2.75, 3.05) is 0 Å². The molecule has 18 heavy (non-hydrogen) atoms. The minimum absolute atomic E-state index is 0.209. The predicted molar refractivity (Wildman–Crippen MR) is 77.0 cm³/mol. The van der Waals surface area contributed by atoms with E-state index in [1.54, 1.807) is 6.08 Å². The zero-order valence-electron chi connectivity index (χ0n) is 11.5. The second kappa shape index (κ2) is 4.46. The van der Waals surface area contributed by atoms with Crippen LogP contribution in [0.1, 0.15) is 50.8 Å². The van der Waals surface area contributed by atoms with E-state index in [-0.39, 0.29) is 5.41 Å². The van der Waals surface area contributed by atoms with Crippen LogP contribution in [0.15, 0.2) is 30.4 Å². The molecule has 0 aliphatic heterocycles. The monoisotopic (exact) mass is 237 g/mol. The standard InChI is InChI=1S/C17H19N/c1-12(8-10-18)14-5-6-16-15(11-14)13(2)7-9-17(16,3)4/h5-8,11H,9H2,1-4H3/b12-8+. The summed E-state index contributed by atoms with van der Waals surface area (Å²) in [5.74, 6) is 0. The van der Waals surface area contributed by atoms with E-state index in [1.807, 2.05) is 6.92 Å². The summed E-state index contributed by atoms with van der Waals surface area (Å²) in [5.41, 5.74) is 6.46. The summed E-state index contributed by atoms with van der Waals surface area (Å²) >= 11 is 0. The second-order valence-electron chi connectivity index (χ2n) is 5.69.